The molecule has 18 heavy (non-hydrogen) atoms. The van der Waals surface area contributed by atoms with Crippen molar-refractivity contribution >= 4 is 11.6 Å². The summed E-state index contributed by atoms with van der Waals surface area (Å²) in [5.41, 5.74) is 6.95. The molecule has 1 saturated heterocycles. The molecular formula is C15H18N2O. The summed E-state index contributed by atoms with van der Waals surface area (Å²) in [6.45, 7) is 2.69. The third-order valence-electron chi connectivity index (χ3n) is 3.57. The number of benzene rings is 1. The Morgan fingerprint density at radius 3 is 2.83 bits per heavy atom. The maximum Gasteiger partial charge on any atom is 0.256 e. The number of hydrogen-bond donors (Lipinski definition) is 1. The highest BCUT2D eigenvalue weighted by Crippen LogP contribution is 2.24. The molecule has 0 unspecified atom stereocenters. The van der Waals surface area contributed by atoms with Crippen LogP contribution in [0.3, 0.4) is 0 Å². The van der Waals surface area contributed by atoms with Gasteiger partial charge in [0.25, 0.3) is 5.91 Å². The first-order chi connectivity index (χ1) is 8.63. The Hall–Kier alpha value is -1.95. The molecule has 0 aromatic heterocycles. The minimum absolute atomic E-state index is 0.0134. The number of terminal acetylenes is 1. The minimum atomic E-state index is -0.0134. The SMILES string of the molecule is C#C[C@@H]1CC[C@@H](C)N(C(=O)c2ccccc2N)C1. The van der Waals surface area contributed by atoms with Crippen molar-refractivity contribution in [1.29, 1.82) is 0 Å². The van der Waals surface area contributed by atoms with E-state index in [4.69, 9.17) is 12.2 Å². The van der Waals surface area contributed by atoms with Crippen molar-refractivity contribution in [2.75, 3.05) is 12.3 Å². The van der Waals surface area contributed by atoms with Crippen LogP contribution >= 0.6 is 0 Å². The fraction of sp³-hybridized carbons (Fsp3) is 0.400. The highest BCUT2D eigenvalue weighted by molar-refractivity contribution is 5.99. The Morgan fingerprint density at radius 2 is 2.17 bits per heavy atom. The number of likely N-dealkylation sites (tertiary alicyclic amines) is 1. The van der Waals surface area contributed by atoms with Gasteiger partial charge >= 0.3 is 0 Å². The van der Waals surface area contributed by atoms with E-state index in [9.17, 15) is 4.79 Å². The molecule has 0 bridgehead atoms. The van der Waals surface area contributed by atoms with E-state index < -0.39 is 0 Å². The highest BCUT2D eigenvalue weighted by Gasteiger charge is 2.29. The number of nitrogens with two attached hydrogens (primary N) is 1. The van der Waals surface area contributed by atoms with Crippen molar-refractivity contribution in [3.05, 3.63) is 29.8 Å². The Morgan fingerprint density at radius 1 is 1.44 bits per heavy atom. The average Bonchev–Trinajstić information content (AvgIpc) is 2.39. The number of carbonyl (C=O) groups is 1. The standard InChI is InChI=1S/C15H18N2O/c1-3-12-9-8-11(2)17(10-12)15(18)13-6-4-5-7-14(13)16/h1,4-7,11-12H,8-10,16H2,2H3/t11-,12-/m1/s1. The second-order valence-electron chi connectivity index (χ2n) is 4.83. The van der Waals surface area contributed by atoms with Crippen LogP contribution in [0.5, 0.6) is 0 Å². The van der Waals surface area contributed by atoms with Crippen LogP contribution < -0.4 is 5.73 Å². The molecule has 1 aromatic carbocycles. The number of nitrogens with zero attached hydrogens (tertiary/aromatic N) is 1. The zero-order valence-corrected chi connectivity index (χ0v) is 10.6. The van der Waals surface area contributed by atoms with E-state index >= 15 is 0 Å². The Kier molecular flexibility index (Phi) is 3.57. The predicted molar refractivity (Wildman–Crippen MR) is 72.9 cm³/mol. The maximum absolute atomic E-state index is 12.5. The lowest BCUT2D eigenvalue weighted by Gasteiger charge is -2.36. The van der Waals surface area contributed by atoms with E-state index in [1.807, 2.05) is 17.0 Å². The summed E-state index contributed by atoms with van der Waals surface area (Å²) >= 11 is 0. The van der Waals surface area contributed by atoms with Gasteiger partial charge in [0.15, 0.2) is 0 Å². The van der Waals surface area contributed by atoms with Gasteiger partial charge in [0.1, 0.15) is 0 Å². The minimum Gasteiger partial charge on any atom is -0.398 e. The van der Waals surface area contributed by atoms with Crippen LogP contribution in [0.1, 0.15) is 30.1 Å². The number of para-hydroxylation sites is 1. The fourth-order valence-electron chi connectivity index (χ4n) is 2.37. The Labute approximate surface area is 108 Å². The molecule has 1 heterocycles. The highest BCUT2D eigenvalue weighted by atomic mass is 16.2. The molecule has 3 nitrogen and oxygen atoms in total. The van der Waals surface area contributed by atoms with Crippen molar-refractivity contribution in [3.63, 3.8) is 0 Å². The molecule has 0 radical (unpaired) electrons. The van der Waals surface area contributed by atoms with Crippen LogP contribution in [0, 0.1) is 18.3 Å². The summed E-state index contributed by atoms with van der Waals surface area (Å²) in [6, 6.07) is 7.40. The average molecular weight is 242 g/mol. The van der Waals surface area contributed by atoms with Gasteiger partial charge in [0.2, 0.25) is 0 Å². The first-order valence-electron chi connectivity index (χ1n) is 6.25. The summed E-state index contributed by atoms with van der Waals surface area (Å²) in [5.74, 6) is 2.90. The second kappa shape index (κ2) is 5.14. The van der Waals surface area contributed by atoms with Crippen molar-refractivity contribution in [3.8, 4) is 12.3 Å². The number of piperidine rings is 1. The first kappa shape index (κ1) is 12.5. The van der Waals surface area contributed by atoms with Gasteiger partial charge in [-0.15, -0.1) is 12.3 Å². The lowest BCUT2D eigenvalue weighted by molar-refractivity contribution is 0.0599. The molecule has 0 aliphatic carbocycles. The quantitative estimate of drug-likeness (QED) is 0.606. The van der Waals surface area contributed by atoms with Gasteiger partial charge in [0.05, 0.1) is 5.56 Å². The molecule has 0 spiro atoms. The van der Waals surface area contributed by atoms with Crippen molar-refractivity contribution in [2.45, 2.75) is 25.8 Å². The molecule has 1 fully saturated rings. The predicted octanol–water partition coefficient (Wildman–Crippen LogP) is 2.14. The summed E-state index contributed by atoms with van der Waals surface area (Å²) < 4.78 is 0. The second-order valence-corrected chi connectivity index (χ2v) is 4.83. The zero-order valence-electron chi connectivity index (χ0n) is 10.6. The van der Waals surface area contributed by atoms with Crippen LogP contribution in [-0.4, -0.2) is 23.4 Å². The monoisotopic (exact) mass is 242 g/mol. The molecule has 1 aromatic rings. The number of hydrogen-bond acceptors (Lipinski definition) is 2. The maximum atomic E-state index is 12.5. The largest absolute Gasteiger partial charge is 0.398 e. The normalized spacial score (nSPS) is 23.4. The molecular weight excluding hydrogens is 224 g/mol. The molecule has 94 valence electrons. The molecule has 1 aliphatic rings. The zero-order chi connectivity index (χ0) is 13.1. The van der Waals surface area contributed by atoms with E-state index in [0.29, 0.717) is 17.8 Å². The van der Waals surface area contributed by atoms with Crippen LogP contribution in [-0.2, 0) is 0 Å². The number of carbonyl (C=O) groups excluding carboxylic acids is 1. The smallest absolute Gasteiger partial charge is 0.256 e. The van der Waals surface area contributed by atoms with E-state index in [1.165, 1.54) is 0 Å². The van der Waals surface area contributed by atoms with E-state index in [1.54, 1.807) is 12.1 Å². The lowest BCUT2D eigenvalue weighted by Crippen LogP contribution is -2.45. The first-order valence-corrected chi connectivity index (χ1v) is 6.25. The van der Waals surface area contributed by atoms with E-state index in [-0.39, 0.29) is 17.9 Å². The molecule has 1 amide bonds. The van der Waals surface area contributed by atoms with Gasteiger partial charge in [-0.2, -0.15) is 0 Å². The van der Waals surface area contributed by atoms with Crippen LogP contribution in [0.25, 0.3) is 0 Å². The molecule has 2 N–H and O–H groups in total. The van der Waals surface area contributed by atoms with Gasteiger partial charge in [-0.25, -0.2) is 0 Å². The van der Waals surface area contributed by atoms with Crippen LogP contribution in [0.4, 0.5) is 5.69 Å². The lowest BCUT2D eigenvalue weighted by atomic mass is 9.93. The topological polar surface area (TPSA) is 46.3 Å². The molecule has 1 aliphatic heterocycles. The van der Waals surface area contributed by atoms with Crippen LogP contribution in [0.15, 0.2) is 24.3 Å². The van der Waals surface area contributed by atoms with E-state index in [2.05, 4.69) is 12.8 Å². The molecule has 3 heteroatoms. The Balaban J connectivity index is 2.23. The number of rotatable bonds is 1. The van der Waals surface area contributed by atoms with Crippen molar-refractivity contribution in [2.24, 2.45) is 5.92 Å². The van der Waals surface area contributed by atoms with Gasteiger partial charge in [-0.1, -0.05) is 12.1 Å². The molecule has 0 saturated carbocycles. The third kappa shape index (κ3) is 2.33. The number of nitrogen functional groups attached to an aromatic ring is 1. The van der Waals surface area contributed by atoms with Gasteiger partial charge in [0, 0.05) is 24.2 Å². The van der Waals surface area contributed by atoms with Gasteiger partial charge in [-0.05, 0) is 31.9 Å². The van der Waals surface area contributed by atoms with Crippen LogP contribution in [0.2, 0.25) is 0 Å². The third-order valence-corrected chi connectivity index (χ3v) is 3.57. The fourth-order valence-corrected chi connectivity index (χ4v) is 2.37. The summed E-state index contributed by atoms with van der Waals surface area (Å²) in [7, 11) is 0. The Bertz CT molecular complexity index is 490. The number of amides is 1. The summed E-state index contributed by atoms with van der Waals surface area (Å²) in [5, 5.41) is 0. The van der Waals surface area contributed by atoms with Gasteiger partial charge in [-0.3, -0.25) is 4.79 Å². The van der Waals surface area contributed by atoms with Crippen molar-refractivity contribution < 1.29 is 4.79 Å². The molecule has 2 rings (SSSR count). The summed E-state index contributed by atoms with van der Waals surface area (Å²) in [4.78, 5) is 14.3. The summed E-state index contributed by atoms with van der Waals surface area (Å²) in [6.07, 6.45) is 7.41. The molecule has 2 atom stereocenters. The van der Waals surface area contributed by atoms with Crippen molar-refractivity contribution in [1.82, 2.24) is 4.90 Å². The van der Waals surface area contributed by atoms with E-state index in [0.717, 1.165) is 12.8 Å². The number of anilines is 1. The van der Waals surface area contributed by atoms with Gasteiger partial charge < -0.3 is 10.6 Å².